The molecule has 2 heterocycles. The van der Waals surface area contributed by atoms with Gasteiger partial charge in [-0.3, -0.25) is 0 Å². The maximum Gasteiger partial charge on any atom is 0.164 e. The fraction of sp³-hybridized carbons (Fsp3) is 0.214. The molecule has 228 valence electrons. The van der Waals surface area contributed by atoms with E-state index in [4.69, 9.17) is 19.4 Å². The highest BCUT2D eigenvalue weighted by atomic mass is 79.9. The van der Waals surface area contributed by atoms with Gasteiger partial charge in [-0.1, -0.05) is 113 Å². The monoisotopic (exact) mass is 673 g/mol. The Labute approximate surface area is 282 Å². The van der Waals surface area contributed by atoms with Gasteiger partial charge in [0.15, 0.2) is 17.5 Å². The van der Waals surface area contributed by atoms with E-state index in [1.165, 1.54) is 36.8 Å². The molecule has 3 aliphatic carbocycles. The molecule has 2 aromatic heterocycles. The highest BCUT2D eigenvalue weighted by Gasteiger charge is 2.69. The van der Waals surface area contributed by atoms with Gasteiger partial charge in [0.2, 0.25) is 0 Å². The molecule has 47 heavy (non-hydrogen) atoms. The zero-order valence-corrected chi connectivity index (χ0v) is 27.4. The molecule has 1 spiro atoms. The molecule has 0 saturated heterocycles. The Kier molecular flexibility index (Phi) is 6.11. The second-order valence-corrected chi connectivity index (χ2v) is 14.7. The number of halogens is 1. The number of hydrogen-bond donors (Lipinski definition) is 0. The van der Waals surface area contributed by atoms with Crippen molar-refractivity contribution in [1.29, 1.82) is 0 Å². The number of benzene rings is 5. The van der Waals surface area contributed by atoms with E-state index in [0.717, 1.165) is 54.9 Å². The first kappa shape index (κ1) is 27.5. The molecule has 5 unspecified atom stereocenters. The van der Waals surface area contributed by atoms with Crippen molar-refractivity contribution in [2.45, 2.75) is 37.5 Å². The van der Waals surface area contributed by atoms with E-state index >= 15 is 0 Å². The molecule has 0 N–H and O–H groups in total. The highest BCUT2D eigenvalue weighted by Crippen LogP contribution is 2.79. The van der Waals surface area contributed by atoms with Gasteiger partial charge in [0.25, 0.3) is 0 Å². The average Bonchev–Trinajstić information content (AvgIpc) is 3.69. The van der Waals surface area contributed by atoms with Crippen LogP contribution in [-0.2, 0) is 0 Å². The van der Waals surface area contributed by atoms with Crippen LogP contribution in [0.3, 0.4) is 0 Å². The van der Waals surface area contributed by atoms with Crippen molar-refractivity contribution in [2.75, 3.05) is 0 Å². The summed E-state index contributed by atoms with van der Waals surface area (Å²) in [5.41, 5.74) is 8.08. The molecule has 0 radical (unpaired) electrons. The van der Waals surface area contributed by atoms with Gasteiger partial charge in [0.05, 0.1) is 0 Å². The quantitative estimate of drug-likeness (QED) is 0.182. The minimum absolute atomic E-state index is 0.478. The molecule has 3 saturated carbocycles. The van der Waals surface area contributed by atoms with Crippen molar-refractivity contribution in [2.24, 2.45) is 17.3 Å². The molecule has 0 aliphatic heterocycles. The van der Waals surface area contributed by atoms with Crippen LogP contribution in [0.15, 0.2) is 130 Å². The first-order valence-corrected chi connectivity index (χ1v) is 17.5. The summed E-state index contributed by atoms with van der Waals surface area (Å²) < 4.78 is 7.37. The number of nitrogens with zero attached hydrogens (tertiary/aromatic N) is 3. The van der Waals surface area contributed by atoms with E-state index in [1.54, 1.807) is 0 Å². The average molecular weight is 675 g/mol. The van der Waals surface area contributed by atoms with Crippen LogP contribution in [0.1, 0.15) is 48.6 Å². The van der Waals surface area contributed by atoms with Gasteiger partial charge in [0, 0.05) is 31.9 Å². The Bertz CT molecular complexity index is 2300. The summed E-state index contributed by atoms with van der Waals surface area (Å²) in [4.78, 5) is 15.2. The summed E-state index contributed by atoms with van der Waals surface area (Å²) in [6.45, 7) is 0. The van der Waals surface area contributed by atoms with Crippen LogP contribution in [0.4, 0.5) is 0 Å². The molecule has 4 nitrogen and oxygen atoms in total. The topological polar surface area (TPSA) is 51.8 Å². The second-order valence-electron chi connectivity index (χ2n) is 13.8. The number of para-hydroxylation sites is 1. The van der Waals surface area contributed by atoms with E-state index in [0.29, 0.717) is 34.7 Å². The van der Waals surface area contributed by atoms with Crippen LogP contribution in [0, 0.1) is 17.3 Å². The number of rotatable bonds is 5. The first-order valence-electron chi connectivity index (χ1n) is 16.7. The Hall–Kier alpha value is -4.61. The lowest BCUT2D eigenvalue weighted by atomic mass is 9.37. The predicted octanol–water partition coefficient (Wildman–Crippen LogP) is 11.2. The van der Waals surface area contributed by atoms with Gasteiger partial charge in [0.1, 0.15) is 11.2 Å². The summed E-state index contributed by atoms with van der Waals surface area (Å²) >= 11 is 3.62. The lowest BCUT2D eigenvalue weighted by molar-refractivity contribution is -0.144. The Morgan fingerprint density at radius 3 is 2.02 bits per heavy atom. The number of aromatic nitrogens is 3. The summed E-state index contributed by atoms with van der Waals surface area (Å²) in [6.07, 6.45) is 5.39. The van der Waals surface area contributed by atoms with Gasteiger partial charge in [-0.25, -0.2) is 15.0 Å². The molecule has 3 fully saturated rings. The van der Waals surface area contributed by atoms with Crippen LogP contribution in [0.2, 0.25) is 0 Å². The molecule has 5 atom stereocenters. The van der Waals surface area contributed by atoms with Crippen molar-refractivity contribution >= 4 is 37.9 Å². The standard InChI is InChI=1S/C42H32BrN3O/c43-32-19-17-25(18-20-32)29-21-30-22-31-23-35(42(30,31)24-29)26-13-15-28(16-14-26)40-44-39(27-7-2-1-3-8-27)45-41(46-40)34-10-6-12-37-38(34)33-9-4-5-11-36(33)47-37/h1-20,29-31,35H,21-24H2. The van der Waals surface area contributed by atoms with E-state index in [2.05, 4.69) is 88.7 Å². The van der Waals surface area contributed by atoms with Crippen molar-refractivity contribution in [1.82, 2.24) is 15.0 Å². The smallest absolute Gasteiger partial charge is 0.164 e. The van der Waals surface area contributed by atoms with E-state index in [9.17, 15) is 0 Å². The predicted molar refractivity (Wildman–Crippen MR) is 191 cm³/mol. The van der Waals surface area contributed by atoms with Crippen LogP contribution < -0.4 is 0 Å². The second kappa shape index (κ2) is 10.4. The zero-order valence-electron chi connectivity index (χ0n) is 25.8. The molecule has 10 rings (SSSR count). The third-order valence-corrected chi connectivity index (χ3v) is 12.2. The minimum Gasteiger partial charge on any atom is -0.456 e. The molecule has 7 aromatic rings. The third kappa shape index (κ3) is 4.22. The SMILES string of the molecule is Brc1ccc(C2CC3CC4CC(c5ccc(-c6nc(-c7ccccc7)nc(-c7cccc8oc9ccccc9c78)n6)cc5)C34C2)cc1. The van der Waals surface area contributed by atoms with E-state index in [-0.39, 0.29) is 0 Å². The lowest BCUT2D eigenvalue weighted by Gasteiger charge is -2.67. The molecule has 5 aromatic carbocycles. The normalized spacial score (nSPS) is 24.4. The third-order valence-electron chi connectivity index (χ3n) is 11.7. The Balaban J connectivity index is 1.02. The number of hydrogen-bond acceptors (Lipinski definition) is 4. The van der Waals surface area contributed by atoms with Crippen LogP contribution in [0.25, 0.3) is 56.1 Å². The molecule has 3 aliphatic rings. The molecule has 5 heteroatoms. The van der Waals surface area contributed by atoms with Crippen molar-refractivity contribution in [3.8, 4) is 34.2 Å². The van der Waals surface area contributed by atoms with Gasteiger partial charge in [-0.05, 0) is 90.2 Å². The Morgan fingerprint density at radius 1 is 0.574 bits per heavy atom. The highest BCUT2D eigenvalue weighted by molar-refractivity contribution is 9.10. The maximum atomic E-state index is 6.21. The summed E-state index contributed by atoms with van der Waals surface area (Å²) in [5.74, 6) is 5.06. The summed E-state index contributed by atoms with van der Waals surface area (Å²) in [7, 11) is 0. The fourth-order valence-electron chi connectivity index (χ4n) is 9.43. The van der Waals surface area contributed by atoms with Crippen molar-refractivity contribution in [3.63, 3.8) is 0 Å². The molecular weight excluding hydrogens is 642 g/mol. The number of fused-ring (bicyclic) bond motifs is 3. The van der Waals surface area contributed by atoms with Crippen molar-refractivity contribution < 1.29 is 4.42 Å². The lowest BCUT2D eigenvalue weighted by Crippen LogP contribution is -2.58. The van der Waals surface area contributed by atoms with E-state index in [1.807, 2.05) is 48.5 Å². The van der Waals surface area contributed by atoms with Crippen LogP contribution in [0.5, 0.6) is 0 Å². The van der Waals surface area contributed by atoms with Crippen LogP contribution >= 0.6 is 15.9 Å². The Morgan fingerprint density at radius 2 is 1.23 bits per heavy atom. The van der Waals surface area contributed by atoms with Gasteiger partial charge in [-0.2, -0.15) is 0 Å². The van der Waals surface area contributed by atoms with Gasteiger partial charge >= 0.3 is 0 Å². The molecule has 0 amide bonds. The molecular formula is C42H32BrN3O. The van der Waals surface area contributed by atoms with Gasteiger partial charge in [-0.15, -0.1) is 0 Å². The molecule has 0 bridgehead atoms. The van der Waals surface area contributed by atoms with Crippen LogP contribution in [-0.4, -0.2) is 15.0 Å². The maximum absolute atomic E-state index is 6.21. The summed E-state index contributed by atoms with van der Waals surface area (Å²) in [6, 6.07) is 42.7. The first-order chi connectivity index (χ1) is 23.1. The van der Waals surface area contributed by atoms with Crippen molar-refractivity contribution in [3.05, 3.63) is 137 Å². The largest absolute Gasteiger partial charge is 0.456 e. The summed E-state index contributed by atoms with van der Waals surface area (Å²) in [5, 5.41) is 2.09. The minimum atomic E-state index is 0.478. The zero-order chi connectivity index (χ0) is 31.1. The van der Waals surface area contributed by atoms with Gasteiger partial charge < -0.3 is 4.42 Å². The fourth-order valence-corrected chi connectivity index (χ4v) is 9.69. The number of furan rings is 1. The van der Waals surface area contributed by atoms with E-state index < -0.39 is 0 Å².